The standard InChI is InChI=1S/C15H18N2O3.ClH/c1-8(2)14(16)15(19)17-10-4-5-11-9(3)6-13(18)20-12(11)7-10;/h4-8,14H,16H2,1-3H3,(H,17,19);1H. The van der Waals surface area contributed by atoms with Gasteiger partial charge in [-0.2, -0.15) is 0 Å². The number of nitrogens with two attached hydrogens (primary N) is 1. The van der Waals surface area contributed by atoms with E-state index in [4.69, 9.17) is 10.2 Å². The molecular formula is C15H19ClN2O3. The molecule has 0 aliphatic carbocycles. The van der Waals surface area contributed by atoms with E-state index in [-0.39, 0.29) is 24.2 Å². The van der Waals surface area contributed by atoms with Crippen LogP contribution in [0.4, 0.5) is 5.69 Å². The third-order valence-corrected chi connectivity index (χ3v) is 3.24. The van der Waals surface area contributed by atoms with Crippen molar-refractivity contribution in [3.8, 4) is 0 Å². The summed E-state index contributed by atoms with van der Waals surface area (Å²) in [6.07, 6.45) is 0. The van der Waals surface area contributed by atoms with Gasteiger partial charge in [-0.05, 0) is 30.5 Å². The molecule has 0 radical (unpaired) electrons. The summed E-state index contributed by atoms with van der Waals surface area (Å²) in [5.74, 6) is -0.204. The molecule has 1 aromatic heterocycles. The lowest BCUT2D eigenvalue weighted by Gasteiger charge is -2.15. The topological polar surface area (TPSA) is 85.3 Å². The molecule has 21 heavy (non-hydrogen) atoms. The summed E-state index contributed by atoms with van der Waals surface area (Å²) in [6.45, 7) is 5.60. The average Bonchev–Trinajstić information content (AvgIpc) is 2.36. The molecule has 0 fully saturated rings. The Morgan fingerprint density at radius 1 is 1.29 bits per heavy atom. The molecule has 0 aliphatic rings. The highest BCUT2D eigenvalue weighted by Crippen LogP contribution is 2.21. The van der Waals surface area contributed by atoms with Crippen molar-refractivity contribution in [1.29, 1.82) is 0 Å². The Labute approximate surface area is 128 Å². The minimum atomic E-state index is -0.574. The van der Waals surface area contributed by atoms with Gasteiger partial charge < -0.3 is 15.5 Å². The molecule has 0 aliphatic heterocycles. The van der Waals surface area contributed by atoms with Crippen LogP contribution in [0.25, 0.3) is 11.0 Å². The third-order valence-electron chi connectivity index (χ3n) is 3.24. The van der Waals surface area contributed by atoms with Crippen molar-refractivity contribution in [3.05, 3.63) is 40.2 Å². The molecular weight excluding hydrogens is 292 g/mol. The lowest BCUT2D eigenvalue weighted by molar-refractivity contribution is -0.118. The minimum absolute atomic E-state index is 0. The zero-order chi connectivity index (χ0) is 14.9. The number of nitrogens with one attached hydrogen (secondary N) is 1. The normalized spacial score (nSPS) is 12.0. The number of carbonyl (C=O) groups is 1. The second-order valence-electron chi connectivity index (χ2n) is 5.22. The van der Waals surface area contributed by atoms with Crippen molar-refractivity contribution in [3.63, 3.8) is 0 Å². The second-order valence-corrected chi connectivity index (χ2v) is 5.22. The number of fused-ring (bicyclic) bond motifs is 1. The van der Waals surface area contributed by atoms with E-state index in [0.717, 1.165) is 10.9 Å². The Kier molecular flexibility index (Phi) is 5.52. The van der Waals surface area contributed by atoms with E-state index in [2.05, 4.69) is 5.32 Å². The van der Waals surface area contributed by atoms with E-state index < -0.39 is 11.7 Å². The van der Waals surface area contributed by atoms with Gasteiger partial charge in [-0.15, -0.1) is 12.4 Å². The van der Waals surface area contributed by atoms with Crippen LogP contribution >= 0.6 is 12.4 Å². The summed E-state index contributed by atoms with van der Waals surface area (Å²) in [5.41, 5.74) is 7.23. The third kappa shape index (κ3) is 3.83. The average molecular weight is 311 g/mol. The van der Waals surface area contributed by atoms with Gasteiger partial charge in [-0.1, -0.05) is 13.8 Å². The quantitative estimate of drug-likeness (QED) is 0.853. The molecule has 1 unspecified atom stereocenters. The highest BCUT2D eigenvalue weighted by molar-refractivity contribution is 5.96. The van der Waals surface area contributed by atoms with Gasteiger partial charge in [0.15, 0.2) is 0 Å². The molecule has 1 atom stereocenters. The van der Waals surface area contributed by atoms with Crippen molar-refractivity contribution in [2.75, 3.05) is 5.32 Å². The number of benzene rings is 1. The van der Waals surface area contributed by atoms with Gasteiger partial charge in [0.25, 0.3) is 0 Å². The number of aryl methyl sites for hydroxylation is 1. The summed E-state index contributed by atoms with van der Waals surface area (Å²) < 4.78 is 5.13. The lowest BCUT2D eigenvalue weighted by Crippen LogP contribution is -2.39. The zero-order valence-electron chi connectivity index (χ0n) is 12.2. The van der Waals surface area contributed by atoms with Crippen LogP contribution in [-0.2, 0) is 4.79 Å². The van der Waals surface area contributed by atoms with Crippen LogP contribution in [0.1, 0.15) is 19.4 Å². The number of halogens is 1. The van der Waals surface area contributed by atoms with Gasteiger partial charge in [0, 0.05) is 23.2 Å². The molecule has 2 rings (SSSR count). The van der Waals surface area contributed by atoms with E-state index in [1.54, 1.807) is 12.1 Å². The Balaban J connectivity index is 0.00000220. The SMILES string of the molecule is Cc1cc(=O)oc2cc(NC(=O)C(N)C(C)C)ccc12.Cl. The molecule has 2 aromatic rings. The van der Waals surface area contributed by atoms with Crippen LogP contribution in [-0.4, -0.2) is 11.9 Å². The Hall–Kier alpha value is -1.85. The first-order valence-electron chi connectivity index (χ1n) is 6.49. The number of hydrogen-bond acceptors (Lipinski definition) is 4. The molecule has 0 saturated heterocycles. The van der Waals surface area contributed by atoms with Crippen molar-refractivity contribution in [2.45, 2.75) is 26.8 Å². The van der Waals surface area contributed by atoms with E-state index in [0.29, 0.717) is 11.3 Å². The molecule has 1 amide bonds. The molecule has 0 spiro atoms. The minimum Gasteiger partial charge on any atom is -0.423 e. The highest BCUT2D eigenvalue weighted by atomic mass is 35.5. The molecule has 1 heterocycles. The van der Waals surface area contributed by atoms with Crippen molar-refractivity contribution < 1.29 is 9.21 Å². The highest BCUT2D eigenvalue weighted by Gasteiger charge is 2.17. The van der Waals surface area contributed by atoms with Crippen LogP contribution in [0.2, 0.25) is 0 Å². The first kappa shape index (κ1) is 17.2. The van der Waals surface area contributed by atoms with Gasteiger partial charge in [-0.3, -0.25) is 4.79 Å². The molecule has 0 saturated carbocycles. The zero-order valence-corrected chi connectivity index (χ0v) is 13.0. The number of rotatable bonds is 3. The number of carbonyl (C=O) groups excluding carboxylic acids is 1. The van der Waals surface area contributed by atoms with E-state index in [1.165, 1.54) is 6.07 Å². The number of amides is 1. The molecule has 5 nitrogen and oxygen atoms in total. The van der Waals surface area contributed by atoms with Crippen molar-refractivity contribution in [2.24, 2.45) is 11.7 Å². The number of hydrogen-bond donors (Lipinski definition) is 2. The number of anilines is 1. The maximum atomic E-state index is 11.9. The lowest BCUT2D eigenvalue weighted by atomic mass is 10.0. The fourth-order valence-electron chi connectivity index (χ4n) is 1.93. The van der Waals surface area contributed by atoms with Crippen LogP contribution in [0, 0.1) is 12.8 Å². The maximum absolute atomic E-state index is 11.9. The summed E-state index contributed by atoms with van der Waals surface area (Å²) in [6, 6.07) is 6.07. The predicted octanol–water partition coefficient (Wildman–Crippen LogP) is 2.45. The van der Waals surface area contributed by atoms with E-state index >= 15 is 0 Å². The first-order chi connectivity index (χ1) is 9.38. The smallest absolute Gasteiger partial charge is 0.336 e. The van der Waals surface area contributed by atoms with Gasteiger partial charge in [0.1, 0.15) is 5.58 Å². The summed E-state index contributed by atoms with van der Waals surface area (Å²) >= 11 is 0. The van der Waals surface area contributed by atoms with Gasteiger partial charge in [0.05, 0.1) is 6.04 Å². The predicted molar refractivity (Wildman–Crippen MR) is 85.9 cm³/mol. The van der Waals surface area contributed by atoms with Crippen LogP contribution in [0.5, 0.6) is 0 Å². The van der Waals surface area contributed by atoms with Crippen molar-refractivity contribution in [1.82, 2.24) is 0 Å². The van der Waals surface area contributed by atoms with Crippen LogP contribution in [0.3, 0.4) is 0 Å². The second kappa shape index (κ2) is 6.74. The Morgan fingerprint density at radius 2 is 1.95 bits per heavy atom. The summed E-state index contributed by atoms with van der Waals surface area (Å²) in [7, 11) is 0. The molecule has 0 bridgehead atoms. The van der Waals surface area contributed by atoms with E-state index in [9.17, 15) is 9.59 Å². The van der Waals surface area contributed by atoms with Gasteiger partial charge >= 0.3 is 5.63 Å². The molecule has 3 N–H and O–H groups in total. The van der Waals surface area contributed by atoms with Gasteiger partial charge in [-0.25, -0.2) is 4.79 Å². The molecule has 6 heteroatoms. The fourth-order valence-corrected chi connectivity index (χ4v) is 1.93. The van der Waals surface area contributed by atoms with Crippen LogP contribution in [0.15, 0.2) is 33.5 Å². The maximum Gasteiger partial charge on any atom is 0.336 e. The van der Waals surface area contributed by atoms with Gasteiger partial charge in [0.2, 0.25) is 5.91 Å². The Morgan fingerprint density at radius 3 is 2.57 bits per heavy atom. The first-order valence-corrected chi connectivity index (χ1v) is 6.49. The monoisotopic (exact) mass is 310 g/mol. The molecule has 1 aromatic carbocycles. The van der Waals surface area contributed by atoms with E-state index in [1.807, 2.05) is 26.8 Å². The van der Waals surface area contributed by atoms with Crippen molar-refractivity contribution >= 4 is 35.0 Å². The summed E-state index contributed by atoms with van der Waals surface area (Å²) in [4.78, 5) is 23.3. The summed E-state index contributed by atoms with van der Waals surface area (Å²) in [5, 5.41) is 3.57. The van der Waals surface area contributed by atoms with Crippen LogP contribution < -0.4 is 16.7 Å². The Bertz CT molecular complexity index is 710. The largest absolute Gasteiger partial charge is 0.423 e. The fraction of sp³-hybridized carbons (Fsp3) is 0.333. The molecule has 114 valence electrons.